The predicted octanol–water partition coefficient (Wildman–Crippen LogP) is 6.59. The average molecular weight is 482 g/mol. The van der Waals surface area contributed by atoms with Crippen LogP contribution in [0.5, 0.6) is 5.75 Å². The highest BCUT2D eigenvalue weighted by Gasteiger charge is 2.13. The molecule has 0 aliphatic carbocycles. The van der Waals surface area contributed by atoms with Crippen LogP contribution in [-0.2, 0) is 13.0 Å². The minimum absolute atomic E-state index is 0. The molecule has 3 aromatic carbocycles. The van der Waals surface area contributed by atoms with Gasteiger partial charge in [0.05, 0.1) is 5.52 Å². The van der Waals surface area contributed by atoms with Gasteiger partial charge in [0.1, 0.15) is 12.4 Å². The lowest BCUT2D eigenvalue weighted by Crippen LogP contribution is -2.15. The number of pyridine rings is 1. The molecule has 0 atom stereocenters. The molecule has 0 radical (unpaired) electrons. The van der Waals surface area contributed by atoms with Crippen molar-refractivity contribution in [1.29, 1.82) is 0 Å². The van der Waals surface area contributed by atoms with Crippen molar-refractivity contribution in [2.45, 2.75) is 26.9 Å². The van der Waals surface area contributed by atoms with E-state index >= 15 is 0 Å². The summed E-state index contributed by atoms with van der Waals surface area (Å²) >= 11 is 6.08. The van der Waals surface area contributed by atoms with Gasteiger partial charge >= 0.3 is 0 Å². The smallest absolute Gasteiger partial charge is 0.256 e. The van der Waals surface area contributed by atoms with E-state index in [-0.39, 0.29) is 24.9 Å². The van der Waals surface area contributed by atoms with Gasteiger partial charge < -0.3 is 15.8 Å². The van der Waals surface area contributed by atoms with Crippen molar-refractivity contribution in [3.63, 3.8) is 0 Å². The Morgan fingerprint density at radius 3 is 2.64 bits per heavy atom. The molecule has 0 spiro atoms. The summed E-state index contributed by atoms with van der Waals surface area (Å²) in [4.78, 5) is 17.6. The molecule has 0 fully saturated rings. The number of nitrogens with zero attached hydrogens (tertiary/aromatic N) is 1. The van der Waals surface area contributed by atoms with E-state index in [0.717, 1.165) is 34.1 Å². The maximum Gasteiger partial charge on any atom is 0.256 e. The highest BCUT2D eigenvalue weighted by molar-refractivity contribution is 6.31. The predicted molar refractivity (Wildman–Crippen MR) is 138 cm³/mol. The molecule has 0 saturated carbocycles. The zero-order valence-electron chi connectivity index (χ0n) is 18.4. The van der Waals surface area contributed by atoms with Crippen LogP contribution in [0.4, 0.5) is 11.4 Å². The lowest BCUT2D eigenvalue weighted by atomic mass is 10.1. The fraction of sp³-hybridized carbons (Fsp3) is 0.154. The molecule has 1 aromatic heterocycles. The van der Waals surface area contributed by atoms with Gasteiger partial charge in [0.25, 0.3) is 5.91 Å². The monoisotopic (exact) mass is 481 g/mol. The highest BCUT2D eigenvalue weighted by Crippen LogP contribution is 2.26. The zero-order valence-corrected chi connectivity index (χ0v) is 20.0. The second kappa shape index (κ2) is 10.6. The van der Waals surface area contributed by atoms with Crippen LogP contribution < -0.4 is 15.8 Å². The normalized spacial score (nSPS) is 10.5. The van der Waals surface area contributed by atoms with Crippen molar-refractivity contribution >= 4 is 52.2 Å². The molecule has 3 N–H and O–H groups in total. The highest BCUT2D eigenvalue weighted by atomic mass is 35.5. The van der Waals surface area contributed by atoms with Crippen molar-refractivity contribution in [2.24, 2.45) is 0 Å². The van der Waals surface area contributed by atoms with E-state index in [0.29, 0.717) is 27.7 Å². The Kier molecular flexibility index (Phi) is 7.79. The number of carbonyl (C=O) groups excluding carboxylic acids is 1. The van der Waals surface area contributed by atoms with Crippen LogP contribution in [0, 0.1) is 6.92 Å². The number of benzene rings is 3. The van der Waals surface area contributed by atoms with Gasteiger partial charge in [-0.2, -0.15) is 0 Å². The van der Waals surface area contributed by atoms with Crippen LogP contribution >= 0.6 is 24.0 Å². The van der Waals surface area contributed by atoms with Crippen LogP contribution in [0.2, 0.25) is 5.02 Å². The number of aromatic nitrogens is 1. The third kappa shape index (κ3) is 5.56. The van der Waals surface area contributed by atoms with Crippen LogP contribution in [0.25, 0.3) is 10.9 Å². The molecule has 7 heteroatoms. The standard InChI is InChI=1S/C26H24ClN3O2.ClH/c1-3-18-14-24(28)22-13-19(8-11-25(22)29-18)30-26(31)21-7-5-4-6-17(21)15-32-20-9-10-23(27)16(2)12-20;/h4-14H,3,15H2,1-2H3,(H2,28,29)(H,30,31);1H. The molecule has 5 nitrogen and oxygen atoms in total. The maximum atomic E-state index is 13.0. The summed E-state index contributed by atoms with van der Waals surface area (Å²) in [6.45, 7) is 4.22. The Morgan fingerprint density at radius 2 is 1.88 bits per heavy atom. The van der Waals surface area contributed by atoms with Gasteiger partial charge in [-0.3, -0.25) is 9.78 Å². The number of ether oxygens (including phenoxy) is 1. The fourth-order valence-electron chi connectivity index (χ4n) is 3.50. The Hall–Kier alpha value is -3.28. The number of nitrogens with two attached hydrogens (primary N) is 1. The summed E-state index contributed by atoms with van der Waals surface area (Å²) in [5.74, 6) is 0.485. The summed E-state index contributed by atoms with van der Waals surface area (Å²) < 4.78 is 5.90. The van der Waals surface area contributed by atoms with Crippen LogP contribution in [0.1, 0.15) is 34.1 Å². The number of carbonyl (C=O) groups is 1. The molecule has 0 aliphatic rings. The van der Waals surface area contributed by atoms with Gasteiger partial charge in [-0.25, -0.2) is 0 Å². The van der Waals surface area contributed by atoms with Crippen molar-refractivity contribution in [1.82, 2.24) is 4.98 Å². The van der Waals surface area contributed by atoms with E-state index in [1.54, 1.807) is 12.1 Å². The van der Waals surface area contributed by atoms with Crippen LogP contribution in [0.3, 0.4) is 0 Å². The molecular formula is C26H25Cl2N3O2. The van der Waals surface area contributed by atoms with Gasteiger partial charge in [0, 0.05) is 38.6 Å². The van der Waals surface area contributed by atoms with E-state index in [1.165, 1.54) is 0 Å². The van der Waals surface area contributed by atoms with Crippen molar-refractivity contribution < 1.29 is 9.53 Å². The maximum absolute atomic E-state index is 13.0. The molecule has 33 heavy (non-hydrogen) atoms. The third-order valence-corrected chi connectivity index (χ3v) is 5.72. The number of halogens is 2. The number of fused-ring (bicyclic) bond motifs is 1. The second-order valence-electron chi connectivity index (χ2n) is 7.60. The molecule has 1 amide bonds. The molecule has 4 aromatic rings. The van der Waals surface area contributed by atoms with Crippen molar-refractivity contribution in [3.05, 3.63) is 94.1 Å². The minimum atomic E-state index is -0.215. The number of aryl methyl sites for hydroxylation is 2. The van der Waals surface area contributed by atoms with Crippen LogP contribution in [-0.4, -0.2) is 10.9 Å². The summed E-state index contributed by atoms with van der Waals surface area (Å²) in [6.07, 6.45) is 0.813. The number of nitrogen functional groups attached to an aromatic ring is 1. The Bertz CT molecular complexity index is 1310. The van der Waals surface area contributed by atoms with Gasteiger partial charge in [-0.1, -0.05) is 36.7 Å². The molecule has 0 bridgehead atoms. The van der Waals surface area contributed by atoms with Gasteiger partial charge in [-0.05, 0) is 67.4 Å². The van der Waals surface area contributed by atoms with Crippen LogP contribution in [0.15, 0.2) is 66.7 Å². The number of anilines is 2. The first kappa shape index (κ1) is 24.4. The first-order valence-corrected chi connectivity index (χ1v) is 10.8. The number of amides is 1. The molecule has 0 unspecified atom stereocenters. The van der Waals surface area contributed by atoms with Crippen molar-refractivity contribution in [3.8, 4) is 5.75 Å². The quantitative estimate of drug-likeness (QED) is 0.325. The summed E-state index contributed by atoms with van der Waals surface area (Å²) in [5.41, 5.74) is 11.5. The van der Waals surface area contributed by atoms with E-state index in [1.807, 2.05) is 68.4 Å². The summed E-state index contributed by atoms with van der Waals surface area (Å²) in [6, 6.07) is 20.3. The third-order valence-electron chi connectivity index (χ3n) is 5.30. The first-order valence-electron chi connectivity index (χ1n) is 10.4. The molecule has 170 valence electrons. The number of rotatable bonds is 6. The van der Waals surface area contributed by atoms with E-state index in [4.69, 9.17) is 22.1 Å². The Morgan fingerprint density at radius 1 is 1.09 bits per heavy atom. The van der Waals surface area contributed by atoms with Gasteiger partial charge in [-0.15, -0.1) is 12.4 Å². The number of nitrogens with one attached hydrogen (secondary N) is 1. The Balaban J connectivity index is 0.00000306. The SMILES string of the molecule is CCc1cc(N)c2cc(NC(=O)c3ccccc3COc3ccc(Cl)c(C)c3)ccc2n1.Cl. The lowest BCUT2D eigenvalue weighted by Gasteiger charge is -2.13. The minimum Gasteiger partial charge on any atom is -0.489 e. The average Bonchev–Trinajstić information content (AvgIpc) is 2.80. The second-order valence-corrected chi connectivity index (χ2v) is 8.01. The molecule has 4 rings (SSSR count). The number of hydrogen-bond acceptors (Lipinski definition) is 4. The topological polar surface area (TPSA) is 77.2 Å². The summed E-state index contributed by atoms with van der Waals surface area (Å²) in [7, 11) is 0. The number of hydrogen-bond donors (Lipinski definition) is 2. The van der Waals surface area contributed by atoms with Gasteiger partial charge in [0.15, 0.2) is 0 Å². The fourth-order valence-corrected chi connectivity index (χ4v) is 3.62. The summed E-state index contributed by atoms with van der Waals surface area (Å²) in [5, 5.41) is 4.47. The molecule has 0 aliphatic heterocycles. The largest absolute Gasteiger partial charge is 0.489 e. The lowest BCUT2D eigenvalue weighted by molar-refractivity contribution is 0.102. The zero-order chi connectivity index (χ0) is 22.7. The Labute approximate surface area is 204 Å². The first-order chi connectivity index (χ1) is 15.4. The molecule has 1 heterocycles. The van der Waals surface area contributed by atoms with Gasteiger partial charge in [0.2, 0.25) is 0 Å². The van der Waals surface area contributed by atoms with Crippen molar-refractivity contribution in [2.75, 3.05) is 11.1 Å². The molecular weight excluding hydrogens is 457 g/mol. The molecule has 0 saturated heterocycles. The van der Waals surface area contributed by atoms with E-state index < -0.39 is 0 Å². The van der Waals surface area contributed by atoms with E-state index in [9.17, 15) is 4.79 Å². The van der Waals surface area contributed by atoms with E-state index in [2.05, 4.69) is 10.3 Å².